The van der Waals surface area contributed by atoms with E-state index in [0.717, 1.165) is 16.1 Å². The second-order valence-electron chi connectivity index (χ2n) is 7.41. The average Bonchev–Trinajstić information content (AvgIpc) is 3.10. The highest BCUT2D eigenvalue weighted by Crippen LogP contribution is 2.43. The molecule has 0 bridgehead atoms. The SMILES string of the molecule is CC(C)[C@H]1C(=O)N(S(C)(=O)=O)[C@H]2CCN(S(=O)(=O)c3ccc(CBr)cc3)[C@H]12. The summed E-state index contributed by atoms with van der Waals surface area (Å²) in [5.74, 6) is -1.36. The van der Waals surface area contributed by atoms with Crippen LogP contribution >= 0.6 is 15.9 Å². The predicted octanol–water partition coefficient (Wildman–Crippen LogP) is 1.79. The minimum absolute atomic E-state index is 0.153. The maximum atomic E-state index is 13.2. The highest BCUT2D eigenvalue weighted by Gasteiger charge is 2.59. The van der Waals surface area contributed by atoms with E-state index in [0.29, 0.717) is 11.8 Å². The fourth-order valence-electron chi connectivity index (χ4n) is 4.16. The number of nitrogens with zero attached hydrogens (tertiary/aromatic N) is 2. The normalized spacial score (nSPS) is 26.8. The van der Waals surface area contributed by atoms with Gasteiger partial charge in [0.25, 0.3) is 0 Å². The number of sulfonamides is 2. The zero-order valence-electron chi connectivity index (χ0n) is 15.4. The number of rotatable bonds is 5. The van der Waals surface area contributed by atoms with Gasteiger partial charge in [0.2, 0.25) is 26.0 Å². The summed E-state index contributed by atoms with van der Waals surface area (Å²) in [6, 6.07) is 5.25. The number of hydrogen-bond acceptors (Lipinski definition) is 5. The molecule has 3 atom stereocenters. The Morgan fingerprint density at radius 2 is 1.74 bits per heavy atom. The molecule has 2 fully saturated rings. The van der Waals surface area contributed by atoms with Crippen LogP contribution in [0.3, 0.4) is 0 Å². The molecule has 1 aromatic carbocycles. The molecular formula is C17H23BrN2O5S2. The first-order chi connectivity index (χ1) is 12.5. The van der Waals surface area contributed by atoms with Gasteiger partial charge in [-0.05, 0) is 30.0 Å². The van der Waals surface area contributed by atoms with Crippen molar-refractivity contribution in [3.63, 3.8) is 0 Å². The van der Waals surface area contributed by atoms with Crippen molar-refractivity contribution in [1.29, 1.82) is 0 Å². The Hall–Kier alpha value is -0.970. The smallest absolute Gasteiger partial charge is 0.243 e. The summed E-state index contributed by atoms with van der Waals surface area (Å²) in [5.41, 5.74) is 0.951. The molecule has 0 aliphatic carbocycles. The van der Waals surface area contributed by atoms with Crippen LogP contribution in [0.15, 0.2) is 29.2 Å². The molecule has 2 aliphatic heterocycles. The molecule has 0 saturated carbocycles. The molecule has 0 radical (unpaired) electrons. The lowest BCUT2D eigenvalue weighted by Crippen LogP contribution is -2.44. The van der Waals surface area contributed by atoms with Gasteiger partial charge in [0.05, 0.1) is 29.2 Å². The largest absolute Gasteiger partial charge is 0.273 e. The molecule has 0 unspecified atom stereocenters. The van der Waals surface area contributed by atoms with Crippen molar-refractivity contribution in [1.82, 2.24) is 8.61 Å². The summed E-state index contributed by atoms with van der Waals surface area (Å²) in [6.07, 6.45) is 1.31. The molecule has 2 saturated heterocycles. The van der Waals surface area contributed by atoms with Gasteiger partial charge in [0.1, 0.15) is 0 Å². The van der Waals surface area contributed by atoms with E-state index in [9.17, 15) is 21.6 Å². The van der Waals surface area contributed by atoms with Crippen LogP contribution in [0.1, 0.15) is 25.8 Å². The third kappa shape index (κ3) is 3.45. The fraction of sp³-hybridized carbons (Fsp3) is 0.588. The molecule has 1 aromatic rings. The Morgan fingerprint density at radius 3 is 2.22 bits per heavy atom. The molecule has 1 amide bonds. The third-order valence-electron chi connectivity index (χ3n) is 5.30. The van der Waals surface area contributed by atoms with Crippen molar-refractivity contribution < 1.29 is 21.6 Å². The minimum Gasteiger partial charge on any atom is -0.273 e. The van der Waals surface area contributed by atoms with E-state index < -0.39 is 44.0 Å². The fourth-order valence-corrected chi connectivity index (χ4v) is 7.39. The first-order valence-electron chi connectivity index (χ1n) is 8.70. The Labute approximate surface area is 169 Å². The van der Waals surface area contributed by atoms with Crippen molar-refractivity contribution in [2.45, 2.75) is 42.6 Å². The van der Waals surface area contributed by atoms with Crippen molar-refractivity contribution in [3.8, 4) is 0 Å². The van der Waals surface area contributed by atoms with Gasteiger partial charge in [-0.3, -0.25) is 4.79 Å². The molecule has 3 rings (SSSR count). The summed E-state index contributed by atoms with van der Waals surface area (Å²) in [6.45, 7) is 3.83. The van der Waals surface area contributed by atoms with E-state index in [-0.39, 0.29) is 17.4 Å². The van der Waals surface area contributed by atoms with Crippen LogP contribution in [0, 0.1) is 11.8 Å². The minimum atomic E-state index is -3.83. The van der Waals surface area contributed by atoms with Gasteiger partial charge in [0, 0.05) is 11.9 Å². The second-order valence-corrected chi connectivity index (χ2v) is 11.7. The number of carbonyl (C=O) groups is 1. The Bertz CT molecular complexity index is 944. The summed E-state index contributed by atoms with van der Waals surface area (Å²) in [4.78, 5) is 13.0. The molecular weight excluding hydrogens is 456 g/mol. The lowest BCUT2D eigenvalue weighted by atomic mass is 9.89. The topological polar surface area (TPSA) is 91.8 Å². The van der Waals surface area contributed by atoms with Crippen LogP contribution in [-0.4, -0.2) is 56.2 Å². The number of carbonyl (C=O) groups excluding carboxylic acids is 1. The lowest BCUT2D eigenvalue weighted by Gasteiger charge is -2.28. The molecule has 2 heterocycles. The van der Waals surface area contributed by atoms with Gasteiger partial charge in [-0.15, -0.1) is 0 Å². The number of amides is 1. The van der Waals surface area contributed by atoms with Gasteiger partial charge >= 0.3 is 0 Å². The van der Waals surface area contributed by atoms with Crippen molar-refractivity contribution in [2.24, 2.45) is 11.8 Å². The lowest BCUT2D eigenvalue weighted by molar-refractivity contribution is -0.129. The van der Waals surface area contributed by atoms with E-state index in [4.69, 9.17) is 0 Å². The zero-order chi connectivity index (χ0) is 20.1. The van der Waals surface area contributed by atoms with Crippen LogP contribution in [0.5, 0.6) is 0 Å². The number of hydrogen-bond donors (Lipinski definition) is 0. The van der Waals surface area contributed by atoms with Gasteiger partial charge in [0.15, 0.2) is 0 Å². The van der Waals surface area contributed by atoms with Crippen molar-refractivity contribution in [2.75, 3.05) is 12.8 Å². The van der Waals surface area contributed by atoms with Gasteiger partial charge in [-0.1, -0.05) is 41.9 Å². The number of benzene rings is 1. The van der Waals surface area contributed by atoms with Crippen LogP contribution in [0.4, 0.5) is 0 Å². The molecule has 0 N–H and O–H groups in total. The number of halogens is 1. The summed E-state index contributed by atoms with van der Waals surface area (Å²) >= 11 is 3.33. The highest BCUT2D eigenvalue weighted by molar-refractivity contribution is 9.08. The summed E-state index contributed by atoms with van der Waals surface area (Å²) in [5, 5.41) is 0.620. The first-order valence-corrected chi connectivity index (χ1v) is 13.1. The Kier molecular flexibility index (Phi) is 5.48. The van der Waals surface area contributed by atoms with E-state index >= 15 is 0 Å². The van der Waals surface area contributed by atoms with E-state index in [1.165, 1.54) is 4.31 Å². The Balaban J connectivity index is 2.04. The van der Waals surface area contributed by atoms with Crippen molar-refractivity contribution in [3.05, 3.63) is 29.8 Å². The van der Waals surface area contributed by atoms with Crippen LogP contribution in [0.25, 0.3) is 0 Å². The maximum Gasteiger partial charge on any atom is 0.243 e. The van der Waals surface area contributed by atoms with Crippen LogP contribution in [-0.2, 0) is 30.2 Å². The maximum absolute atomic E-state index is 13.2. The van der Waals surface area contributed by atoms with Gasteiger partial charge in [-0.25, -0.2) is 21.1 Å². The molecule has 2 aliphatic rings. The van der Waals surface area contributed by atoms with Crippen molar-refractivity contribution >= 4 is 41.9 Å². The van der Waals surface area contributed by atoms with Crippen LogP contribution < -0.4 is 0 Å². The van der Waals surface area contributed by atoms with Crippen LogP contribution in [0.2, 0.25) is 0 Å². The average molecular weight is 479 g/mol. The molecule has 0 spiro atoms. The number of fused-ring (bicyclic) bond motifs is 1. The van der Waals surface area contributed by atoms with E-state index in [1.807, 2.05) is 13.8 Å². The monoisotopic (exact) mass is 478 g/mol. The summed E-state index contributed by atoms with van der Waals surface area (Å²) < 4.78 is 53.1. The van der Waals surface area contributed by atoms with Gasteiger partial charge in [-0.2, -0.15) is 4.31 Å². The zero-order valence-corrected chi connectivity index (χ0v) is 18.6. The van der Waals surface area contributed by atoms with E-state index in [2.05, 4.69) is 15.9 Å². The highest BCUT2D eigenvalue weighted by atomic mass is 79.9. The van der Waals surface area contributed by atoms with E-state index in [1.54, 1.807) is 24.3 Å². The summed E-state index contributed by atoms with van der Waals surface area (Å²) in [7, 11) is -7.59. The third-order valence-corrected chi connectivity index (χ3v) is 9.03. The quantitative estimate of drug-likeness (QED) is 0.601. The molecule has 7 nitrogen and oxygen atoms in total. The molecule has 0 aromatic heterocycles. The molecule has 150 valence electrons. The Morgan fingerprint density at radius 1 is 1.15 bits per heavy atom. The first kappa shape index (κ1) is 20.8. The number of alkyl halides is 1. The second kappa shape index (κ2) is 7.13. The predicted molar refractivity (Wildman–Crippen MR) is 105 cm³/mol. The molecule has 10 heteroatoms. The molecule has 27 heavy (non-hydrogen) atoms. The standard InChI is InChI=1S/C17H23BrN2O5S2/c1-11(2)15-16-14(20(17(15)21)26(3,22)23)8-9-19(16)27(24,25)13-6-4-12(10-18)5-7-13/h4-7,11,14-16H,8-10H2,1-3H3/t14-,15+,16-/m0/s1. The van der Waals surface area contributed by atoms with Gasteiger partial charge < -0.3 is 0 Å².